The fraction of sp³-hybridized carbons (Fsp3) is 0.611. The van der Waals surface area contributed by atoms with Gasteiger partial charge >= 0.3 is 6.09 Å². The number of hydrogen-bond acceptors (Lipinski definition) is 4. The molecule has 0 bridgehead atoms. The van der Waals surface area contributed by atoms with E-state index in [9.17, 15) is 4.79 Å². The molecule has 2 unspecified atom stereocenters. The summed E-state index contributed by atoms with van der Waals surface area (Å²) in [7, 11) is 0. The molecule has 2 rings (SSSR count). The third-order valence-electron chi connectivity index (χ3n) is 3.70. The second kappa shape index (κ2) is 7.79. The second-order valence-electron chi connectivity index (χ2n) is 7.05. The maximum atomic E-state index is 11.7. The Morgan fingerprint density at radius 2 is 2.00 bits per heavy atom. The normalized spacial score (nSPS) is 19.9. The third kappa shape index (κ3) is 6.20. The summed E-state index contributed by atoms with van der Waals surface area (Å²) in [5.41, 5.74) is 1.42. The number of amides is 1. The number of nitrogens with one attached hydrogen (secondary N) is 2. The van der Waals surface area contributed by atoms with Crippen LogP contribution in [0.4, 0.5) is 10.5 Å². The van der Waals surface area contributed by atoms with Gasteiger partial charge in [0.15, 0.2) is 0 Å². The van der Waals surface area contributed by atoms with Gasteiger partial charge in [0.1, 0.15) is 5.60 Å². The third-order valence-corrected chi connectivity index (χ3v) is 3.70. The molecule has 1 aromatic rings. The summed E-state index contributed by atoms with van der Waals surface area (Å²) < 4.78 is 10.7. The van der Waals surface area contributed by atoms with Crippen molar-refractivity contribution in [3.05, 3.63) is 29.8 Å². The van der Waals surface area contributed by atoms with E-state index in [0.29, 0.717) is 6.04 Å². The molecule has 128 valence electrons. The smallest absolute Gasteiger partial charge is 0.412 e. The molecule has 0 aromatic heterocycles. The molecular formula is C18H28N2O3. The summed E-state index contributed by atoms with van der Waals surface area (Å²) in [5.74, 6) is 0. The van der Waals surface area contributed by atoms with Gasteiger partial charge in [-0.25, -0.2) is 4.79 Å². The minimum Gasteiger partial charge on any atom is -0.444 e. The first-order chi connectivity index (χ1) is 10.8. The second-order valence-corrected chi connectivity index (χ2v) is 7.05. The monoisotopic (exact) mass is 320 g/mol. The van der Waals surface area contributed by atoms with Crippen molar-refractivity contribution in [2.24, 2.45) is 0 Å². The van der Waals surface area contributed by atoms with Gasteiger partial charge in [0.25, 0.3) is 0 Å². The van der Waals surface area contributed by atoms with Crippen molar-refractivity contribution in [1.82, 2.24) is 5.32 Å². The molecule has 1 amide bonds. The zero-order valence-electron chi connectivity index (χ0n) is 14.5. The van der Waals surface area contributed by atoms with Crippen LogP contribution in [0, 0.1) is 0 Å². The highest BCUT2D eigenvalue weighted by molar-refractivity contribution is 5.84. The fourth-order valence-electron chi connectivity index (χ4n) is 2.60. The SMILES string of the molecule is CC(NC1CCCOC1)c1ccc(NC(=O)OC(C)(C)C)cc1. The lowest BCUT2D eigenvalue weighted by Crippen LogP contribution is -2.38. The fourth-order valence-corrected chi connectivity index (χ4v) is 2.60. The van der Waals surface area contributed by atoms with Gasteiger partial charge in [-0.1, -0.05) is 12.1 Å². The van der Waals surface area contributed by atoms with Crippen LogP contribution in [0.25, 0.3) is 0 Å². The number of carbonyl (C=O) groups excluding carboxylic acids is 1. The van der Waals surface area contributed by atoms with Crippen molar-refractivity contribution in [1.29, 1.82) is 0 Å². The highest BCUT2D eigenvalue weighted by atomic mass is 16.6. The van der Waals surface area contributed by atoms with Gasteiger partial charge in [-0.2, -0.15) is 0 Å². The average molecular weight is 320 g/mol. The van der Waals surface area contributed by atoms with Crippen molar-refractivity contribution >= 4 is 11.8 Å². The number of rotatable bonds is 4. The molecule has 0 radical (unpaired) electrons. The summed E-state index contributed by atoms with van der Waals surface area (Å²) in [6, 6.07) is 8.50. The van der Waals surface area contributed by atoms with E-state index >= 15 is 0 Å². The van der Waals surface area contributed by atoms with E-state index in [-0.39, 0.29) is 6.04 Å². The summed E-state index contributed by atoms with van der Waals surface area (Å²) in [6.07, 6.45) is 1.84. The molecule has 1 aliphatic rings. The van der Waals surface area contributed by atoms with Crippen molar-refractivity contribution in [3.63, 3.8) is 0 Å². The van der Waals surface area contributed by atoms with Crippen LogP contribution in [0.5, 0.6) is 0 Å². The summed E-state index contributed by atoms with van der Waals surface area (Å²) in [5, 5.41) is 6.33. The quantitative estimate of drug-likeness (QED) is 0.884. The molecule has 1 saturated heterocycles. The molecule has 0 spiro atoms. The number of ether oxygens (including phenoxy) is 2. The number of anilines is 1. The topological polar surface area (TPSA) is 59.6 Å². The van der Waals surface area contributed by atoms with Crippen LogP contribution in [0.3, 0.4) is 0 Å². The van der Waals surface area contributed by atoms with E-state index in [0.717, 1.165) is 31.7 Å². The maximum absolute atomic E-state index is 11.7. The first kappa shape index (κ1) is 17.8. The number of hydrogen-bond donors (Lipinski definition) is 2. The highest BCUT2D eigenvalue weighted by Crippen LogP contribution is 2.19. The highest BCUT2D eigenvalue weighted by Gasteiger charge is 2.18. The Labute approximate surface area is 138 Å². The average Bonchev–Trinajstić information content (AvgIpc) is 2.47. The lowest BCUT2D eigenvalue weighted by Gasteiger charge is -2.27. The molecule has 1 heterocycles. The van der Waals surface area contributed by atoms with Gasteiger partial charge in [-0.3, -0.25) is 5.32 Å². The van der Waals surface area contributed by atoms with Crippen LogP contribution in [0.1, 0.15) is 52.1 Å². The van der Waals surface area contributed by atoms with E-state index in [2.05, 4.69) is 17.6 Å². The molecule has 1 aromatic carbocycles. The Morgan fingerprint density at radius 3 is 2.57 bits per heavy atom. The standard InChI is InChI=1S/C18H28N2O3/c1-13(19-16-6-5-11-22-12-16)14-7-9-15(10-8-14)20-17(21)23-18(2,3)4/h7-10,13,16,19H,5-6,11-12H2,1-4H3,(H,20,21). The summed E-state index contributed by atoms with van der Waals surface area (Å²) in [6.45, 7) is 9.33. The molecule has 2 N–H and O–H groups in total. The predicted octanol–water partition coefficient (Wildman–Crippen LogP) is 3.86. The lowest BCUT2D eigenvalue weighted by atomic mass is 10.0. The number of carbonyl (C=O) groups is 1. The van der Waals surface area contributed by atoms with Crippen molar-refractivity contribution in [2.75, 3.05) is 18.5 Å². The van der Waals surface area contributed by atoms with Crippen molar-refractivity contribution in [2.45, 2.75) is 58.2 Å². The minimum atomic E-state index is -0.496. The van der Waals surface area contributed by atoms with E-state index in [1.165, 1.54) is 5.56 Å². The largest absolute Gasteiger partial charge is 0.444 e. The van der Waals surface area contributed by atoms with Crippen LogP contribution < -0.4 is 10.6 Å². The van der Waals surface area contributed by atoms with Gasteiger partial charge in [0.2, 0.25) is 0 Å². The Kier molecular flexibility index (Phi) is 6.02. The summed E-state index contributed by atoms with van der Waals surface area (Å²) in [4.78, 5) is 11.7. The van der Waals surface area contributed by atoms with Gasteiger partial charge in [-0.05, 0) is 58.2 Å². The lowest BCUT2D eigenvalue weighted by molar-refractivity contribution is 0.0636. The first-order valence-corrected chi connectivity index (χ1v) is 8.27. The van der Waals surface area contributed by atoms with Gasteiger partial charge in [0.05, 0.1) is 6.61 Å². The van der Waals surface area contributed by atoms with Crippen LogP contribution in [-0.4, -0.2) is 30.9 Å². The first-order valence-electron chi connectivity index (χ1n) is 8.27. The van der Waals surface area contributed by atoms with Gasteiger partial charge in [0, 0.05) is 24.4 Å². The molecule has 1 aliphatic heterocycles. The molecular weight excluding hydrogens is 292 g/mol. The predicted molar refractivity (Wildman–Crippen MR) is 91.7 cm³/mol. The maximum Gasteiger partial charge on any atom is 0.412 e. The molecule has 5 nitrogen and oxygen atoms in total. The zero-order valence-corrected chi connectivity index (χ0v) is 14.5. The van der Waals surface area contributed by atoms with Crippen LogP contribution in [0.2, 0.25) is 0 Å². The molecule has 0 aliphatic carbocycles. The van der Waals surface area contributed by atoms with E-state index in [4.69, 9.17) is 9.47 Å². The number of benzene rings is 1. The Hall–Kier alpha value is -1.59. The Morgan fingerprint density at radius 1 is 1.30 bits per heavy atom. The molecule has 5 heteroatoms. The minimum absolute atomic E-state index is 0.247. The van der Waals surface area contributed by atoms with E-state index in [1.54, 1.807) is 0 Å². The van der Waals surface area contributed by atoms with Gasteiger partial charge in [-0.15, -0.1) is 0 Å². The molecule has 23 heavy (non-hydrogen) atoms. The Balaban J connectivity index is 1.87. The Bertz CT molecular complexity index is 502. The zero-order chi connectivity index (χ0) is 16.9. The van der Waals surface area contributed by atoms with Crippen LogP contribution in [0.15, 0.2) is 24.3 Å². The van der Waals surface area contributed by atoms with E-state index in [1.807, 2.05) is 45.0 Å². The molecule has 1 fully saturated rings. The van der Waals surface area contributed by atoms with Crippen LogP contribution >= 0.6 is 0 Å². The van der Waals surface area contributed by atoms with Crippen molar-refractivity contribution in [3.8, 4) is 0 Å². The van der Waals surface area contributed by atoms with Crippen LogP contribution in [-0.2, 0) is 9.47 Å². The summed E-state index contributed by atoms with van der Waals surface area (Å²) >= 11 is 0. The molecule has 0 saturated carbocycles. The van der Waals surface area contributed by atoms with Crippen molar-refractivity contribution < 1.29 is 14.3 Å². The van der Waals surface area contributed by atoms with Gasteiger partial charge < -0.3 is 14.8 Å². The molecule has 2 atom stereocenters. The van der Waals surface area contributed by atoms with E-state index < -0.39 is 11.7 Å².